The van der Waals surface area contributed by atoms with E-state index >= 15 is 0 Å². The van der Waals surface area contributed by atoms with Gasteiger partial charge in [0.15, 0.2) is 0 Å². The number of aromatic amines is 1. The van der Waals surface area contributed by atoms with Crippen LogP contribution in [0, 0.1) is 6.92 Å². The summed E-state index contributed by atoms with van der Waals surface area (Å²) in [4.78, 5) is 34.9. The SMILES string of the molecule is Cc1ccccc1[C@@H](C(=O)N1CCN(C(=O)c2ncn[nH]2)CC1)N(C)C. The molecule has 2 amide bonds. The van der Waals surface area contributed by atoms with Crippen LogP contribution in [-0.4, -0.2) is 82.0 Å². The van der Waals surface area contributed by atoms with Gasteiger partial charge in [0.2, 0.25) is 11.7 Å². The molecule has 2 heterocycles. The van der Waals surface area contributed by atoms with Gasteiger partial charge in [-0.05, 0) is 32.1 Å². The number of benzene rings is 1. The molecule has 8 heteroatoms. The van der Waals surface area contributed by atoms with E-state index in [4.69, 9.17) is 0 Å². The van der Waals surface area contributed by atoms with Gasteiger partial charge in [-0.1, -0.05) is 24.3 Å². The van der Waals surface area contributed by atoms with Crippen LogP contribution in [0.3, 0.4) is 0 Å². The van der Waals surface area contributed by atoms with Crippen LogP contribution in [0.1, 0.15) is 27.8 Å². The van der Waals surface area contributed by atoms with Crippen molar-refractivity contribution < 1.29 is 9.59 Å². The number of piperazine rings is 1. The first-order chi connectivity index (χ1) is 12.5. The average molecular weight is 356 g/mol. The lowest BCUT2D eigenvalue weighted by Gasteiger charge is -2.37. The Balaban J connectivity index is 1.69. The number of aromatic nitrogens is 3. The molecule has 3 rings (SSSR count). The molecule has 1 fully saturated rings. The van der Waals surface area contributed by atoms with Crippen LogP contribution in [0.15, 0.2) is 30.6 Å². The normalized spacial score (nSPS) is 16.0. The molecule has 0 spiro atoms. The third kappa shape index (κ3) is 3.60. The number of rotatable bonds is 4. The Kier molecular flexibility index (Phi) is 5.32. The van der Waals surface area contributed by atoms with E-state index in [9.17, 15) is 9.59 Å². The number of carbonyl (C=O) groups is 2. The molecule has 0 bridgehead atoms. The topological polar surface area (TPSA) is 85.4 Å². The lowest BCUT2D eigenvalue weighted by molar-refractivity contribution is -0.137. The van der Waals surface area contributed by atoms with Gasteiger partial charge in [-0.3, -0.25) is 19.6 Å². The zero-order chi connectivity index (χ0) is 18.7. The van der Waals surface area contributed by atoms with Crippen LogP contribution in [0.2, 0.25) is 0 Å². The molecular weight excluding hydrogens is 332 g/mol. The average Bonchev–Trinajstić information content (AvgIpc) is 3.17. The molecule has 2 aromatic rings. The summed E-state index contributed by atoms with van der Waals surface area (Å²) in [5.41, 5.74) is 2.11. The number of hydrogen-bond donors (Lipinski definition) is 1. The molecule has 8 nitrogen and oxygen atoms in total. The fraction of sp³-hybridized carbons (Fsp3) is 0.444. The maximum absolute atomic E-state index is 13.1. The maximum Gasteiger partial charge on any atom is 0.291 e. The van der Waals surface area contributed by atoms with Crippen LogP contribution in [0.5, 0.6) is 0 Å². The molecule has 0 unspecified atom stereocenters. The minimum atomic E-state index is -0.326. The third-order valence-corrected chi connectivity index (χ3v) is 4.73. The summed E-state index contributed by atoms with van der Waals surface area (Å²) < 4.78 is 0. The zero-order valence-corrected chi connectivity index (χ0v) is 15.3. The Morgan fingerprint density at radius 3 is 2.35 bits per heavy atom. The van der Waals surface area contributed by atoms with Crippen molar-refractivity contribution in [3.8, 4) is 0 Å². The fourth-order valence-corrected chi connectivity index (χ4v) is 3.29. The molecule has 138 valence electrons. The predicted octanol–water partition coefficient (Wildman–Crippen LogP) is 0.700. The first-order valence-electron chi connectivity index (χ1n) is 8.64. The number of H-pyrrole nitrogens is 1. The van der Waals surface area contributed by atoms with Crippen molar-refractivity contribution in [1.29, 1.82) is 0 Å². The van der Waals surface area contributed by atoms with Crippen molar-refractivity contribution in [3.63, 3.8) is 0 Å². The second-order valence-electron chi connectivity index (χ2n) is 6.67. The van der Waals surface area contributed by atoms with Crippen molar-refractivity contribution in [1.82, 2.24) is 29.9 Å². The lowest BCUT2D eigenvalue weighted by Crippen LogP contribution is -2.53. The number of amides is 2. The molecule has 1 aliphatic heterocycles. The zero-order valence-electron chi connectivity index (χ0n) is 15.3. The molecule has 26 heavy (non-hydrogen) atoms. The second-order valence-corrected chi connectivity index (χ2v) is 6.67. The summed E-state index contributed by atoms with van der Waals surface area (Å²) in [6, 6.07) is 7.63. The van der Waals surface area contributed by atoms with Gasteiger partial charge in [0.1, 0.15) is 12.4 Å². The standard InChI is InChI=1S/C18H24N6O2/c1-13-6-4-5-7-14(13)15(22(2)3)17(25)23-8-10-24(11-9-23)18(26)16-19-12-20-21-16/h4-7,12,15H,8-11H2,1-3H3,(H,19,20,21)/t15-/m0/s1. The highest BCUT2D eigenvalue weighted by Gasteiger charge is 2.32. The number of nitrogens with one attached hydrogen (secondary N) is 1. The maximum atomic E-state index is 13.1. The summed E-state index contributed by atoms with van der Waals surface area (Å²) >= 11 is 0. The lowest BCUT2D eigenvalue weighted by atomic mass is 9.99. The minimum absolute atomic E-state index is 0.0658. The van der Waals surface area contributed by atoms with Crippen molar-refractivity contribution >= 4 is 11.8 Å². The van der Waals surface area contributed by atoms with E-state index in [1.54, 1.807) is 4.90 Å². The van der Waals surface area contributed by atoms with Crippen molar-refractivity contribution in [2.24, 2.45) is 0 Å². The van der Waals surface area contributed by atoms with Gasteiger partial charge >= 0.3 is 0 Å². The van der Waals surface area contributed by atoms with E-state index in [1.165, 1.54) is 6.33 Å². The molecule has 0 saturated carbocycles. The summed E-state index contributed by atoms with van der Waals surface area (Å²) in [5.74, 6) is 0.115. The summed E-state index contributed by atoms with van der Waals surface area (Å²) in [6.07, 6.45) is 1.32. The van der Waals surface area contributed by atoms with Crippen LogP contribution in [-0.2, 0) is 4.79 Å². The summed E-state index contributed by atoms with van der Waals surface area (Å²) in [7, 11) is 3.83. The van der Waals surface area contributed by atoms with Gasteiger partial charge in [0, 0.05) is 26.2 Å². The highest BCUT2D eigenvalue weighted by atomic mass is 16.2. The smallest absolute Gasteiger partial charge is 0.291 e. The summed E-state index contributed by atoms with van der Waals surface area (Å²) in [6.45, 7) is 4.01. The van der Waals surface area contributed by atoms with Gasteiger partial charge in [0.25, 0.3) is 5.91 Å². The Hall–Kier alpha value is -2.74. The number of carbonyl (C=O) groups excluding carboxylic acids is 2. The Morgan fingerprint density at radius 2 is 1.77 bits per heavy atom. The molecule has 1 aliphatic rings. The molecule has 0 aliphatic carbocycles. The van der Waals surface area contributed by atoms with Crippen molar-refractivity contribution in [2.75, 3.05) is 40.3 Å². The molecule has 1 saturated heterocycles. The highest BCUT2D eigenvalue weighted by molar-refractivity contribution is 5.90. The van der Waals surface area contributed by atoms with E-state index in [2.05, 4.69) is 15.2 Å². The molecule has 1 N–H and O–H groups in total. The molecular formula is C18H24N6O2. The van der Waals surface area contributed by atoms with E-state index in [1.807, 2.05) is 55.1 Å². The predicted molar refractivity (Wildman–Crippen MR) is 96.5 cm³/mol. The van der Waals surface area contributed by atoms with E-state index in [0.717, 1.165) is 11.1 Å². The Morgan fingerprint density at radius 1 is 1.12 bits per heavy atom. The monoisotopic (exact) mass is 356 g/mol. The van der Waals surface area contributed by atoms with E-state index in [-0.39, 0.29) is 23.7 Å². The quantitative estimate of drug-likeness (QED) is 0.872. The number of hydrogen-bond acceptors (Lipinski definition) is 5. The Bertz CT molecular complexity index is 766. The van der Waals surface area contributed by atoms with Gasteiger partial charge < -0.3 is 9.80 Å². The second kappa shape index (κ2) is 7.65. The minimum Gasteiger partial charge on any atom is -0.337 e. The van der Waals surface area contributed by atoms with Gasteiger partial charge in [-0.15, -0.1) is 0 Å². The number of likely N-dealkylation sites (N-methyl/N-ethyl adjacent to an activating group) is 1. The first kappa shape index (κ1) is 18.1. The van der Waals surface area contributed by atoms with Gasteiger partial charge in [-0.2, -0.15) is 5.10 Å². The largest absolute Gasteiger partial charge is 0.337 e. The molecule has 1 aromatic heterocycles. The van der Waals surface area contributed by atoms with Crippen LogP contribution < -0.4 is 0 Å². The van der Waals surface area contributed by atoms with Crippen LogP contribution in [0.4, 0.5) is 0 Å². The fourth-order valence-electron chi connectivity index (χ4n) is 3.29. The van der Waals surface area contributed by atoms with Crippen LogP contribution >= 0.6 is 0 Å². The van der Waals surface area contributed by atoms with Crippen molar-refractivity contribution in [2.45, 2.75) is 13.0 Å². The first-order valence-corrected chi connectivity index (χ1v) is 8.64. The highest BCUT2D eigenvalue weighted by Crippen LogP contribution is 2.24. The molecule has 1 aromatic carbocycles. The third-order valence-electron chi connectivity index (χ3n) is 4.73. The molecule has 1 atom stereocenters. The number of nitrogens with zero attached hydrogens (tertiary/aromatic N) is 5. The molecule has 0 radical (unpaired) electrons. The van der Waals surface area contributed by atoms with Crippen molar-refractivity contribution in [3.05, 3.63) is 47.5 Å². The summed E-state index contributed by atoms with van der Waals surface area (Å²) in [5, 5.41) is 6.30. The van der Waals surface area contributed by atoms with E-state index in [0.29, 0.717) is 26.2 Å². The Labute approximate surface area is 152 Å². The number of aryl methyl sites for hydroxylation is 1. The van der Waals surface area contributed by atoms with Gasteiger partial charge in [-0.25, -0.2) is 4.98 Å². The van der Waals surface area contributed by atoms with Crippen LogP contribution in [0.25, 0.3) is 0 Å². The van der Waals surface area contributed by atoms with E-state index < -0.39 is 0 Å². The van der Waals surface area contributed by atoms with Gasteiger partial charge in [0.05, 0.1) is 0 Å².